The lowest BCUT2D eigenvalue weighted by molar-refractivity contribution is -0.126. The summed E-state index contributed by atoms with van der Waals surface area (Å²) in [4.78, 5) is 14.2. The Morgan fingerprint density at radius 2 is 2.19 bits per heavy atom. The second-order valence-corrected chi connectivity index (χ2v) is 5.32. The molecule has 1 aliphatic heterocycles. The number of amides is 1. The lowest BCUT2D eigenvalue weighted by Crippen LogP contribution is -2.46. The van der Waals surface area contributed by atoms with Gasteiger partial charge in [0.15, 0.2) is 6.10 Å². The first-order chi connectivity index (χ1) is 10.1. The van der Waals surface area contributed by atoms with E-state index in [1.54, 1.807) is 4.90 Å². The molecule has 116 valence electrons. The van der Waals surface area contributed by atoms with Crippen molar-refractivity contribution in [1.29, 1.82) is 0 Å². The van der Waals surface area contributed by atoms with Gasteiger partial charge in [-0.15, -0.1) is 0 Å². The number of nitrogens with zero attached hydrogens (tertiary/aromatic N) is 1. The quantitative estimate of drug-likeness (QED) is 0.840. The summed E-state index contributed by atoms with van der Waals surface area (Å²) in [5.41, 5.74) is 7.84. The van der Waals surface area contributed by atoms with Crippen LogP contribution in [0.15, 0.2) is 18.2 Å². The van der Waals surface area contributed by atoms with E-state index in [2.05, 4.69) is 0 Å². The summed E-state index contributed by atoms with van der Waals surface area (Å²) in [5, 5.41) is 9.05. The Kier molecular flexibility index (Phi) is 5.20. The predicted molar refractivity (Wildman–Crippen MR) is 82.4 cm³/mol. The van der Waals surface area contributed by atoms with Crippen molar-refractivity contribution in [3.8, 4) is 5.75 Å². The zero-order chi connectivity index (χ0) is 15.4. The molecule has 0 bridgehead atoms. The summed E-state index contributed by atoms with van der Waals surface area (Å²) < 4.78 is 5.78. The third-order valence-electron chi connectivity index (χ3n) is 3.86. The van der Waals surface area contributed by atoms with Crippen molar-refractivity contribution >= 4 is 11.6 Å². The number of aliphatic hydroxyl groups is 1. The molecule has 0 spiro atoms. The van der Waals surface area contributed by atoms with Gasteiger partial charge in [0.25, 0.3) is 5.91 Å². The van der Waals surface area contributed by atoms with E-state index in [1.807, 2.05) is 32.0 Å². The first-order valence-corrected chi connectivity index (χ1v) is 7.60. The van der Waals surface area contributed by atoms with E-state index in [4.69, 9.17) is 15.6 Å². The maximum atomic E-state index is 12.5. The summed E-state index contributed by atoms with van der Waals surface area (Å²) in [7, 11) is 0. The van der Waals surface area contributed by atoms with Crippen molar-refractivity contribution in [2.75, 3.05) is 18.1 Å². The second-order valence-electron chi connectivity index (χ2n) is 5.32. The van der Waals surface area contributed by atoms with E-state index in [9.17, 15) is 4.79 Å². The van der Waals surface area contributed by atoms with Crippen LogP contribution in [0, 0.1) is 0 Å². The molecule has 21 heavy (non-hydrogen) atoms. The largest absolute Gasteiger partial charge is 0.478 e. The summed E-state index contributed by atoms with van der Waals surface area (Å²) in [6.45, 7) is 4.51. The molecule has 0 radical (unpaired) electrons. The Labute approximate surface area is 125 Å². The van der Waals surface area contributed by atoms with Gasteiger partial charge >= 0.3 is 0 Å². The highest BCUT2D eigenvalue weighted by molar-refractivity contribution is 6.00. The number of anilines is 1. The number of hydrogen-bond acceptors (Lipinski definition) is 4. The fourth-order valence-corrected chi connectivity index (χ4v) is 2.52. The minimum absolute atomic E-state index is 0.0410. The number of rotatable bonds is 6. The molecule has 2 atom stereocenters. The fourth-order valence-electron chi connectivity index (χ4n) is 2.52. The SMILES string of the molecule is CCC1Oc2ccc(C(N)CC)cc2N(CCCO)C1=O. The maximum Gasteiger partial charge on any atom is 0.268 e. The highest BCUT2D eigenvalue weighted by atomic mass is 16.5. The van der Waals surface area contributed by atoms with Crippen LogP contribution in [-0.4, -0.2) is 30.3 Å². The van der Waals surface area contributed by atoms with Crippen LogP contribution >= 0.6 is 0 Å². The van der Waals surface area contributed by atoms with Crippen LogP contribution in [-0.2, 0) is 4.79 Å². The zero-order valence-electron chi connectivity index (χ0n) is 12.7. The van der Waals surface area contributed by atoms with Crippen LogP contribution in [0.1, 0.15) is 44.7 Å². The molecule has 1 aliphatic rings. The molecule has 0 saturated heterocycles. The Bertz CT molecular complexity index is 504. The van der Waals surface area contributed by atoms with Crippen molar-refractivity contribution in [2.45, 2.75) is 45.3 Å². The molecule has 0 aliphatic carbocycles. The second kappa shape index (κ2) is 6.91. The molecule has 3 N–H and O–H groups in total. The van der Waals surface area contributed by atoms with Crippen LogP contribution in [0.2, 0.25) is 0 Å². The standard InChI is InChI=1S/C16H24N2O3/c1-3-12(17)11-6-7-15-13(10-11)18(8-5-9-19)16(20)14(4-2)21-15/h6-7,10,12,14,19H,3-5,8-9,17H2,1-2H3. The molecule has 2 rings (SSSR count). The Hall–Kier alpha value is -1.59. The van der Waals surface area contributed by atoms with E-state index in [-0.39, 0.29) is 18.6 Å². The number of hydrogen-bond donors (Lipinski definition) is 2. The van der Waals surface area contributed by atoms with Crippen LogP contribution < -0.4 is 15.4 Å². The minimum Gasteiger partial charge on any atom is -0.478 e. The van der Waals surface area contributed by atoms with E-state index < -0.39 is 6.10 Å². The average molecular weight is 292 g/mol. The third kappa shape index (κ3) is 3.19. The van der Waals surface area contributed by atoms with Gasteiger partial charge in [0.1, 0.15) is 5.75 Å². The molecule has 1 aromatic rings. The van der Waals surface area contributed by atoms with Crippen molar-refractivity contribution < 1.29 is 14.6 Å². The first-order valence-electron chi connectivity index (χ1n) is 7.60. The van der Waals surface area contributed by atoms with Crippen LogP contribution in [0.4, 0.5) is 5.69 Å². The molecule has 2 unspecified atom stereocenters. The van der Waals surface area contributed by atoms with Gasteiger partial charge in [0, 0.05) is 19.2 Å². The van der Waals surface area contributed by atoms with Crippen LogP contribution in [0.5, 0.6) is 5.75 Å². The van der Waals surface area contributed by atoms with E-state index >= 15 is 0 Å². The molecule has 0 fully saturated rings. The average Bonchev–Trinajstić information content (AvgIpc) is 2.52. The summed E-state index contributed by atoms with van der Waals surface area (Å²) >= 11 is 0. The highest BCUT2D eigenvalue weighted by Gasteiger charge is 2.33. The predicted octanol–water partition coefficient (Wildman–Crippen LogP) is 1.98. The minimum atomic E-state index is -0.443. The molecule has 1 aromatic carbocycles. The number of carbonyl (C=O) groups is 1. The topological polar surface area (TPSA) is 75.8 Å². The van der Waals surface area contributed by atoms with Gasteiger partial charge in [0.2, 0.25) is 0 Å². The summed E-state index contributed by atoms with van der Waals surface area (Å²) in [6, 6.07) is 5.74. The maximum absolute atomic E-state index is 12.5. The van der Waals surface area contributed by atoms with Crippen molar-refractivity contribution in [3.63, 3.8) is 0 Å². The normalized spacial score (nSPS) is 19.1. The molecule has 1 amide bonds. The lowest BCUT2D eigenvalue weighted by Gasteiger charge is -2.34. The number of carbonyl (C=O) groups excluding carboxylic acids is 1. The van der Waals surface area contributed by atoms with Gasteiger partial charge in [-0.2, -0.15) is 0 Å². The van der Waals surface area contributed by atoms with Gasteiger partial charge in [-0.25, -0.2) is 0 Å². The van der Waals surface area contributed by atoms with E-state index in [0.29, 0.717) is 25.1 Å². The highest BCUT2D eigenvalue weighted by Crippen LogP contribution is 2.37. The summed E-state index contributed by atoms with van der Waals surface area (Å²) in [6.07, 6.45) is 1.57. The molecule has 5 nitrogen and oxygen atoms in total. The Morgan fingerprint density at radius 3 is 2.81 bits per heavy atom. The third-order valence-corrected chi connectivity index (χ3v) is 3.86. The van der Waals surface area contributed by atoms with Crippen molar-refractivity contribution in [1.82, 2.24) is 0 Å². The Morgan fingerprint density at radius 1 is 1.43 bits per heavy atom. The van der Waals surface area contributed by atoms with Crippen molar-refractivity contribution in [2.24, 2.45) is 5.73 Å². The first kappa shape index (κ1) is 15.8. The van der Waals surface area contributed by atoms with Crippen LogP contribution in [0.3, 0.4) is 0 Å². The number of benzene rings is 1. The smallest absolute Gasteiger partial charge is 0.268 e. The Balaban J connectivity index is 2.38. The number of aliphatic hydroxyl groups excluding tert-OH is 1. The molecule has 0 aromatic heterocycles. The lowest BCUT2D eigenvalue weighted by atomic mass is 10.0. The monoisotopic (exact) mass is 292 g/mol. The molecular weight excluding hydrogens is 268 g/mol. The zero-order valence-corrected chi connectivity index (χ0v) is 12.7. The molecule has 0 saturated carbocycles. The van der Waals surface area contributed by atoms with Gasteiger partial charge in [-0.1, -0.05) is 19.9 Å². The van der Waals surface area contributed by atoms with Gasteiger partial charge in [0.05, 0.1) is 5.69 Å². The fraction of sp³-hybridized carbons (Fsp3) is 0.562. The molecule has 5 heteroatoms. The van der Waals surface area contributed by atoms with E-state index in [0.717, 1.165) is 17.7 Å². The van der Waals surface area contributed by atoms with Crippen molar-refractivity contribution in [3.05, 3.63) is 23.8 Å². The molecular formula is C16H24N2O3. The number of fused-ring (bicyclic) bond motifs is 1. The summed E-state index contributed by atoms with van der Waals surface area (Å²) in [5.74, 6) is 0.673. The van der Waals surface area contributed by atoms with Crippen LogP contribution in [0.25, 0.3) is 0 Å². The van der Waals surface area contributed by atoms with Gasteiger partial charge in [-0.3, -0.25) is 4.79 Å². The number of ether oxygens (including phenoxy) is 1. The van der Waals surface area contributed by atoms with E-state index in [1.165, 1.54) is 0 Å². The number of nitrogens with two attached hydrogens (primary N) is 1. The molecule has 1 heterocycles. The van der Waals surface area contributed by atoms with Gasteiger partial charge < -0.3 is 20.5 Å². The van der Waals surface area contributed by atoms with Gasteiger partial charge in [-0.05, 0) is 37.0 Å².